The van der Waals surface area contributed by atoms with Crippen LogP contribution < -0.4 is 5.56 Å². The molecule has 1 aromatic heterocycles. The normalized spacial score (nSPS) is 16.6. The van der Waals surface area contributed by atoms with Crippen LogP contribution in [0.5, 0.6) is 0 Å². The molecule has 1 saturated heterocycles. The average molecular weight is 330 g/mol. The van der Waals surface area contributed by atoms with Crippen molar-refractivity contribution in [2.24, 2.45) is 0 Å². The van der Waals surface area contributed by atoms with E-state index in [1.807, 2.05) is 0 Å². The Morgan fingerprint density at radius 1 is 1.36 bits per heavy atom. The lowest BCUT2D eigenvalue weighted by molar-refractivity contribution is 0.0693. The fourth-order valence-electron chi connectivity index (χ4n) is 2.27. The van der Waals surface area contributed by atoms with E-state index in [4.69, 9.17) is 9.84 Å². The van der Waals surface area contributed by atoms with Gasteiger partial charge in [-0.25, -0.2) is 13.2 Å². The average Bonchev–Trinajstić information content (AvgIpc) is 2.47. The van der Waals surface area contributed by atoms with Crippen LogP contribution in [0.2, 0.25) is 0 Å². The maximum atomic E-state index is 12.2. The van der Waals surface area contributed by atoms with Crippen molar-refractivity contribution in [2.75, 3.05) is 32.1 Å². The van der Waals surface area contributed by atoms with Crippen molar-refractivity contribution in [3.8, 4) is 0 Å². The molecular formula is C13H18N2O6S. The second-order valence-electron chi connectivity index (χ2n) is 5.00. The highest BCUT2D eigenvalue weighted by molar-refractivity contribution is 7.89. The van der Waals surface area contributed by atoms with E-state index in [0.29, 0.717) is 31.9 Å². The van der Waals surface area contributed by atoms with Gasteiger partial charge in [0.05, 0.1) is 19.0 Å². The molecule has 1 N–H and O–H groups in total. The Labute approximate surface area is 128 Å². The second-order valence-corrected chi connectivity index (χ2v) is 7.09. The van der Waals surface area contributed by atoms with Crippen LogP contribution in [0.15, 0.2) is 17.1 Å². The number of morpholine rings is 1. The number of nitrogens with zero attached hydrogens (tertiary/aromatic N) is 2. The van der Waals surface area contributed by atoms with Crippen LogP contribution in [0.1, 0.15) is 15.9 Å². The highest BCUT2D eigenvalue weighted by Crippen LogP contribution is 2.07. The van der Waals surface area contributed by atoms with Gasteiger partial charge < -0.3 is 14.4 Å². The largest absolute Gasteiger partial charge is 0.477 e. The van der Waals surface area contributed by atoms with Gasteiger partial charge in [-0.1, -0.05) is 0 Å². The van der Waals surface area contributed by atoms with Gasteiger partial charge in [0.25, 0.3) is 5.56 Å². The van der Waals surface area contributed by atoms with Gasteiger partial charge in [0, 0.05) is 25.8 Å². The molecule has 0 radical (unpaired) electrons. The lowest BCUT2D eigenvalue weighted by Gasteiger charge is -2.26. The third kappa shape index (κ3) is 3.54. The lowest BCUT2D eigenvalue weighted by Crippen LogP contribution is -2.43. The van der Waals surface area contributed by atoms with Crippen molar-refractivity contribution >= 4 is 16.0 Å². The molecule has 0 spiro atoms. The summed E-state index contributed by atoms with van der Waals surface area (Å²) in [6.07, 6.45) is 1.42. The predicted molar refractivity (Wildman–Crippen MR) is 78.6 cm³/mol. The molecular weight excluding hydrogens is 312 g/mol. The van der Waals surface area contributed by atoms with Gasteiger partial charge >= 0.3 is 5.97 Å². The van der Waals surface area contributed by atoms with Crippen LogP contribution in [-0.2, 0) is 21.3 Å². The maximum absolute atomic E-state index is 12.2. The topological polar surface area (TPSA) is 106 Å². The summed E-state index contributed by atoms with van der Waals surface area (Å²) in [6, 6.07) is 1.49. The smallest absolute Gasteiger partial charge is 0.341 e. The summed E-state index contributed by atoms with van der Waals surface area (Å²) in [5.41, 5.74) is -0.666. The summed E-state index contributed by atoms with van der Waals surface area (Å²) in [5, 5.41) is 9.05. The number of sulfonamides is 1. The second kappa shape index (κ2) is 6.59. The number of hydrogen-bond acceptors (Lipinski definition) is 5. The third-order valence-corrected chi connectivity index (χ3v) is 5.39. The van der Waals surface area contributed by atoms with Crippen molar-refractivity contribution < 1.29 is 23.1 Å². The molecule has 1 aliphatic rings. The highest BCUT2D eigenvalue weighted by atomic mass is 32.2. The summed E-state index contributed by atoms with van der Waals surface area (Å²) >= 11 is 0. The van der Waals surface area contributed by atoms with E-state index < -0.39 is 21.6 Å². The fourth-order valence-corrected chi connectivity index (χ4v) is 3.66. The number of carboxylic acids is 1. The van der Waals surface area contributed by atoms with Crippen molar-refractivity contribution in [2.45, 2.75) is 13.5 Å². The number of pyridine rings is 1. The van der Waals surface area contributed by atoms with E-state index in [-0.39, 0.29) is 17.9 Å². The van der Waals surface area contributed by atoms with Gasteiger partial charge in [0.1, 0.15) is 5.56 Å². The van der Waals surface area contributed by atoms with E-state index >= 15 is 0 Å². The molecule has 0 amide bonds. The van der Waals surface area contributed by atoms with Gasteiger partial charge in [-0.3, -0.25) is 4.79 Å². The molecule has 2 rings (SSSR count). The highest BCUT2D eigenvalue weighted by Gasteiger charge is 2.24. The zero-order valence-corrected chi connectivity index (χ0v) is 13.0. The van der Waals surface area contributed by atoms with Crippen molar-refractivity contribution in [3.63, 3.8) is 0 Å². The summed E-state index contributed by atoms with van der Waals surface area (Å²) in [7, 11) is -3.50. The van der Waals surface area contributed by atoms with Gasteiger partial charge in [-0.15, -0.1) is 0 Å². The molecule has 1 fully saturated rings. The number of hydrogen-bond donors (Lipinski definition) is 1. The van der Waals surface area contributed by atoms with Crippen LogP contribution >= 0.6 is 0 Å². The van der Waals surface area contributed by atoms with Gasteiger partial charge in [0.2, 0.25) is 10.0 Å². The minimum Gasteiger partial charge on any atom is -0.477 e. The zero-order valence-electron chi connectivity index (χ0n) is 12.2. The first-order valence-electron chi connectivity index (χ1n) is 6.82. The van der Waals surface area contributed by atoms with Crippen LogP contribution in [0.3, 0.4) is 0 Å². The molecule has 0 saturated carbocycles. The third-order valence-electron chi connectivity index (χ3n) is 3.54. The van der Waals surface area contributed by atoms with E-state index in [1.165, 1.54) is 23.5 Å². The fraction of sp³-hybridized carbons (Fsp3) is 0.538. The molecule has 22 heavy (non-hydrogen) atoms. The Kier molecular flexibility index (Phi) is 4.99. The quantitative estimate of drug-likeness (QED) is 0.781. The molecule has 122 valence electrons. The Balaban J connectivity index is 2.16. The summed E-state index contributed by atoms with van der Waals surface area (Å²) < 4.78 is 31.9. The molecule has 1 aliphatic heterocycles. The Morgan fingerprint density at radius 2 is 2.00 bits per heavy atom. The summed E-state index contributed by atoms with van der Waals surface area (Å²) in [6.45, 7) is 2.75. The van der Waals surface area contributed by atoms with Crippen molar-refractivity contribution in [1.82, 2.24) is 8.87 Å². The summed E-state index contributed by atoms with van der Waals surface area (Å²) in [4.78, 5) is 23.2. The van der Waals surface area contributed by atoms with Crippen LogP contribution in [0.4, 0.5) is 0 Å². The van der Waals surface area contributed by atoms with Gasteiger partial charge in [-0.05, 0) is 18.6 Å². The van der Waals surface area contributed by atoms with Crippen LogP contribution in [-0.4, -0.2) is 60.4 Å². The van der Waals surface area contributed by atoms with Crippen molar-refractivity contribution in [1.29, 1.82) is 0 Å². The zero-order chi connectivity index (χ0) is 16.3. The first-order valence-corrected chi connectivity index (χ1v) is 8.43. The Bertz CT molecular complexity index is 719. The molecule has 0 aromatic carbocycles. The Hall–Kier alpha value is -1.71. The SMILES string of the molecule is Cc1ccn(CCS(=O)(=O)N2CCOCC2)c(=O)c1C(=O)O. The maximum Gasteiger partial charge on any atom is 0.341 e. The predicted octanol–water partition coefficient (Wildman–Crippen LogP) is -0.483. The van der Waals surface area contributed by atoms with E-state index in [1.54, 1.807) is 0 Å². The van der Waals surface area contributed by atoms with E-state index in [2.05, 4.69) is 0 Å². The van der Waals surface area contributed by atoms with Crippen LogP contribution in [0, 0.1) is 6.92 Å². The standard InChI is InChI=1S/C13H18N2O6S/c1-10-2-3-14(12(16)11(10)13(17)18)6-9-22(19,20)15-4-7-21-8-5-15/h2-3H,4-9H2,1H3,(H,17,18). The lowest BCUT2D eigenvalue weighted by atomic mass is 10.1. The minimum absolute atomic E-state index is 0.0842. The number of carbonyl (C=O) groups is 1. The molecule has 8 nitrogen and oxygen atoms in total. The minimum atomic E-state index is -3.50. The van der Waals surface area contributed by atoms with Crippen molar-refractivity contribution in [3.05, 3.63) is 33.7 Å². The molecule has 2 heterocycles. The number of aryl methyl sites for hydroxylation is 2. The molecule has 0 bridgehead atoms. The first kappa shape index (κ1) is 16.7. The number of carboxylic acid groups (broad SMARTS) is 1. The summed E-state index contributed by atoms with van der Waals surface area (Å²) in [5.74, 6) is -1.57. The number of rotatable bonds is 5. The molecule has 9 heteroatoms. The van der Waals surface area contributed by atoms with Gasteiger partial charge in [0.15, 0.2) is 0 Å². The molecule has 0 unspecified atom stereocenters. The molecule has 0 atom stereocenters. The first-order chi connectivity index (χ1) is 10.3. The Morgan fingerprint density at radius 3 is 2.59 bits per heavy atom. The number of aromatic nitrogens is 1. The molecule has 0 aliphatic carbocycles. The molecule has 1 aromatic rings. The van der Waals surface area contributed by atoms with E-state index in [0.717, 1.165) is 4.57 Å². The van der Waals surface area contributed by atoms with Gasteiger partial charge in [-0.2, -0.15) is 4.31 Å². The number of aromatic carboxylic acids is 1. The van der Waals surface area contributed by atoms with Crippen LogP contribution in [0.25, 0.3) is 0 Å². The monoisotopic (exact) mass is 330 g/mol. The number of ether oxygens (including phenoxy) is 1. The van der Waals surface area contributed by atoms with E-state index in [9.17, 15) is 18.0 Å².